The van der Waals surface area contributed by atoms with Crippen LogP contribution in [0.2, 0.25) is 0 Å². The molecule has 1 aromatic rings. The molecular formula is C23H34ClN3O2. The Labute approximate surface area is 180 Å². The number of hydrogen-bond donors (Lipinski definition) is 3. The van der Waals surface area contributed by atoms with Crippen molar-refractivity contribution in [1.82, 2.24) is 10.6 Å². The first-order valence-corrected chi connectivity index (χ1v) is 10.8. The predicted molar refractivity (Wildman–Crippen MR) is 117 cm³/mol. The van der Waals surface area contributed by atoms with Gasteiger partial charge in [-0.1, -0.05) is 30.3 Å². The second-order valence-electron chi connectivity index (χ2n) is 9.56. The van der Waals surface area contributed by atoms with Gasteiger partial charge in [0.25, 0.3) is 0 Å². The van der Waals surface area contributed by atoms with Crippen molar-refractivity contribution in [1.29, 1.82) is 0 Å². The maximum atomic E-state index is 13.4. The zero-order valence-corrected chi connectivity index (χ0v) is 18.0. The number of amides is 2. The quantitative estimate of drug-likeness (QED) is 0.635. The fourth-order valence-electron chi connectivity index (χ4n) is 6.16. The van der Waals surface area contributed by atoms with Crippen molar-refractivity contribution in [3.05, 3.63) is 35.9 Å². The van der Waals surface area contributed by atoms with E-state index >= 15 is 0 Å². The molecule has 2 amide bonds. The average molecular weight is 420 g/mol. The van der Waals surface area contributed by atoms with Crippen molar-refractivity contribution < 1.29 is 9.59 Å². The molecule has 4 N–H and O–H groups in total. The largest absolute Gasteiger partial charge is 0.351 e. The summed E-state index contributed by atoms with van der Waals surface area (Å²) in [6.45, 7) is 2.27. The van der Waals surface area contributed by atoms with Gasteiger partial charge in [-0.15, -0.1) is 12.4 Å². The van der Waals surface area contributed by atoms with Gasteiger partial charge in [0, 0.05) is 24.4 Å². The number of benzene rings is 1. The van der Waals surface area contributed by atoms with Gasteiger partial charge >= 0.3 is 0 Å². The van der Waals surface area contributed by atoms with Crippen LogP contribution in [-0.2, 0) is 16.0 Å². The lowest BCUT2D eigenvalue weighted by Gasteiger charge is -2.55. The van der Waals surface area contributed by atoms with Crippen LogP contribution >= 0.6 is 12.4 Å². The van der Waals surface area contributed by atoms with Crippen LogP contribution in [0.25, 0.3) is 0 Å². The molecule has 4 fully saturated rings. The highest BCUT2D eigenvalue weighted by molar-refractivity contribution is 5.90. The Hall–Kier alpha value is -1.59. The summed E-state index contributed by atoms with van der Waals surface area (Å²) in [5.41, 5.74) is 6.48. The van der Waals surface area contributed by atoms with Gasteiger partial charge in [0.15, 0.2) is 0 Å². The fourth-order valence-corrected chi connectivity index (χ4v) is 6.16. The first kappa shape index (κ1) is 22.1. The first-order valence-electron chi connectivity index (χ1n) is 10.8. The number of carbonyl (C=O) groups is 2. The Kier molecular flexibility index (Phi) is 6.90. The molecule has 0 heterocycles. The van der Waals surface area contributed by atoms with E-state index in [-0.39, 0.29) is 35.7 Å². The summed E-state index contributed by atoms with van der Waals surface area (Å²) in [6, 6.07) is 9.23. The highest BCUT2D eigenvalue weighted by Crippen LogP contribution is 2.60. The van der Waals surface area contributed by atoms with Crippen LogP contribution in [0.3, 0.4) is 0 Å². The van der Waals surface area contributed by atoms with Crippen molar-refractivity contribution in [3.63, 3.8) is 0 Å². The molecule has 160 valence electrons. The van der Waals surface area contributed by atoms with Crippen molar-refractivity contribution >= 4 is 24.2 Å². The van der Waals surface area contributed by atoms with Gasteiger partial charge in [0.1, 0.15) is 6.04 Å². The lowest BCUT2D eigenvalue weighted by molar-refractivity contribution is -0.148. The number of rotatable bonds is 7. The van der Waals surface area contributed by atoms with Crippen molar-refractivity contribution in [3.8, 4) is 0 Å². The fraction of sp³-hybridized carbons (Fsp3) is 0.652. The van der Waals surface area contributed by atoms with E-state index in [0.717, 1.165) is 24.8 Å². The van der Waals surface area contributed by atoms with Crippen molar-refractivity contribution in [2.24, 2.45) is 28.9 Å². The van der Waals surface area contributed by atoms with Crippen LogP contribution in [-0.4, -0.2) is 30.4 Å². The van der Waals surface area contributed by atoms with Crippen molar-refractivity contribution in [2.45, 2.75) is 64.0 Å². The second kappa shape index (κ2) is 9.05. The SMILES string of the molecule is C[C@@H](CN)NC(=O)C(Cc1ccccc1)NC(=O)C12CC3CC(CC(C3)C1)C2.Cl. The molecule has 4 aliphatic carbocycles. The average Bonchev–Trinajstić information content (AvgIpc) is 2.67. The molecule has 4 bridgehead atoms. The van der Waals surface area contributed by atoms with Gasteiger partial charge in [-0.2, -0.15) is 0 Å². The lowest BCUT2D eigenvalue weighted by Crippen LogP contribution is -2.58. The number of hydrogen-bond acceptors (Lipinski definition) is 3. The smallest absolute Gasteiger partial charge is 0.243 e. The molecule has 1 aromatic carbocycles. The Bertz CT molecular complexity index is 689. The zero-order valence-electron chi connectivity index (χ0n) is 17.2. The summed E-state index contributed by atoms with van der Waals surface area (Å²) < 4.78 is 0. The lowest BCUT2D eigenvalue weighted by atomic mass is 9.49. The van der Waals surface area contributed by atoms with Crippen LogP contribution in [0.15, 0.2) is 30.3 Å². The van der Waals surface area contributed by atoms with Crippen LogP contribution < -0.4 is 16.4 Å². The summed E-state index contributed by atoms with van der Waals surface area (Å²) >= 11 is 0. The number of halogens is 1. The van der Waals surface area contributed by atoms with Gasteiger partial charge in [-0.25, -0.2) is 0 Å². The van der Waals surface area contributed by atoms with Gasteiger partial charge in [-0.3, -0.25) is 9.59 Å². The molecular weight excluding hydrogens is 386 g/mol. The number of carbonyl (C=O) groups excluding carboxylic acids is 2. The Morgan fingerprint density at radius 3 is 2.10 bits per heavy atom. The maximum Gasteiger partial charge on any atom is 0.243 e. The summed E-state index contributed by atoms with van der Waals surface area (Å²) in [7, 11) is 0. The topological polar surface area (TPSA) is 84.2 Å². The molecule has 4 aliphatic rings. The van der Waals surface area contributed by atoms with E-state index in [4.69, 9.17) is 5.73 Å². The normalized spacial score (nSPS) is 31.4. The highest BCUT2D eigenvalue weighted by Gasteiger charge is 2.54. The third kappa shape index (κ3) is 4.77. The van der Waals surface area contributed by atoms with Crippen molar-refractivity contribution in [2.75, 3.05) is 6.54 Å². The predicted octanol–water partition coefficient (Wildman–Crippen LogP) is 2.82. The van der Waals surface area contributed by atoms with Gasteiger partial charge in [0.2, 0.25) is 11.8 Å². The van der Waals surface area contributed by atoms with Gasteiger partial charge < -0.3 is 16.4 Å². The van der Waals surface area contributed by atoms with E-state index in [1.54, 1.807) is 0 Å². The van der Waals surface area contributed by atoms with E-state index in [1.165, 1.54) is 19.3 Å². The highest BCUT2D eigenvalue weighted by atomic mass is 35.5. The van der Waals surface area contributed by atoms with E-state index in [9.17, 15) is 9.59 Å². The van der Waals surface area contributed by atoms with Crippen LogP contribution in [0.5, 0.6) is 0 Å². The summed E-state index contributed by atoms with van der Waals surface area (Å²) in [4.78, 5) is 26.3. The molecule has 4 saturated carbocycles. The van der Waals surface area contributed by atoms with Gasteiger partial charge in [-0.05, 0) is 68.8 Å². The molecule has 5 nitrogen and oxygen atoms in total. The molecule has 2 atom stereocenters. The minimum Gasteiger partial charge on any atom is -0.351 e. The van der Waals surface area contributed by atoms with E-state index < -0.39 is 6.04 Å². The third-order valence-electron chi connectivity index (χ3n) is 7.17. The number of nitrogens with two attached hydrogens (primary N) is 1. The van der Waals surface area contributed by atoms with Crippen LogP contribution in [0.1, 0.15) is 51.0 Å². The van der Waals surface area contributed by atoms with E-state index in [0.29, 0.717) is 30.7 Å². The van der Waals surface area contributed by atoms with Crippen LogP contribution in [0, 0.1) is 23.2 Å². The zero-order chi connectivity index (χ0) is 19.7. The minimum atomic E-state index is -0.558. The summed E-state index contributed by atoms with van der Waals surface area (Å²) in [6.07, 6.45) is 7.41. The Balaban J connectivity index is 0.00000240. The number of nitrogens with one attached hydrogen (secondary N) is 2. The maximum absolute atomic E-state index is 13.4. The molecule has 29 heavy (non-hydrogen) atoms. The monoisotopic (exact) mass is 419 g/mol. The Morgan fingerprint density at radius 1 is 1.03 bits per heavy atom. The van der Waals surface area contributed by atoms with E-state index in [2.05, 4.69) is 10.6 Å². The van der Waals surface area contributed by atoms with E-state index in [1.807, 2.05) is 37.3 Å². The molecule has 0 spiro atoms. The molecule has 1 unspecified atom stereocenters. The molecule has 5 rings (SSSR count). The molecule has 0 aliphatic heterocycles. The molecule has 0 aromatic heterocycles. The summed E-state index contributed by atoms with van der Waals surface area (Å²) in [5.74, 6) is 2.07. The standard InChI is InChI=1S/C23H33N3O2.ClH/c1-15(14-24)25-21(27)20(10-16-5-3-2-4-6-16)26-22(28)23-11-17-7-18(12-23)9-19(8-17)13-23;/h2-6,15,17-20H,7-14,24H2,1H3,(H,25,27)(H,26,28);1H/t15-,17?,18?,19?,20?,23?;/m0./s1. The first-order chi connectivity index (χ1) is 13.5. The second-order valence-corrected chi connectivity index (χ2v) is 9.56. The van der Waals surface area contributed by atoms with Gasteiger partial charge in [0.05, 0.1) is 0 Å². The van der Waals surface area contributed by atoms with Crippen LogP contribution in [0.4, 0.5) is 0 Å². The minimum absolute atomic E-state index is 0. The summed E-state index contributed by atoms with van der Waals surface area (Å²) in [5, 5.41) is 6.11. The molecule has 0 radical (unpaired) electrons. The molecule has 0 saturated heterocycles. The molecule has 6 heteroatoms. The Morgan fingerprint density at radius 2 is 1.59 bits per heavy atom. The third-order valence-corrected chi connectivity index (χ3v) is 7.17.